The van der Waals surface area contributed by atoms with Crippen LogP contribution in [0.3, 0.4) is 0 Å². The number of fused-ring (bicyclic) bond motifs is 5. The van der Waals surface area contributed by atoms with Gasteiger partial charge in [-0.05, 0) is 130 Å². The monoisotopic (exact) mass is 630 g/mol. The molecule has 4 rings (SSSR count). The standard InChI is InChI=1S/C37H71N7O/c1-25(2)9-6-10-26(3)30-13-14-31-29-12-11-28-23-27(15-17-36(28,4)32(29)16-18-37(30,31)5)24-33(45)44(21-7-19-42-34(38)39)22-8-20-43-35(40)41/h11,25-27,29-32,34-35,42-43H,6-10,12-24,38-41H2,1-5H3. The van der Waals surface area contributed by atoms with Crippen molar-refractivity contribution in [3.05, 3.63) is 11.6 Å². The summed E-state index contributed by atoms with van der Waals surface area (Å²) < 4.78 is 0. The van der Waals surface area contributed by atoms with Crippen molar-refractivity contribution in [2.24, 2.45) is 75.2 Å². The molecule has 8 nitrogen and oxygen atoms in total. The van der Waals surface area contributed by atoms with Gasteiger partial charge in [0.1, 0.15) is 12.6 Å². The van der Waals surface area contributed by atoms with Crippen LogP contribution < -0.4 is 33.6 Å². The summed E-state index contributed by atoms with van der Waals surface area (Å²) in [4.78, 5) is 15.7. The number of hydrogen-bond acceptors (Lipinski definition) is 7. The minimum atomic E-state index is -0.527. The molecule has 0 heterocycles. The van der Waals surface area contributed by atoms with Gasteiger partial charge in [0.2, 0.25) is 5.91 Å². The van der Waals surface area contributed by atoms with E-state index in [0.717, 1.165) is 54.8 Å². The smallest absolute Gasteiger partial charge is 0.222 e. The van der Waals surface area contributed by atoms with E-state index in [1.54, 1.807) is 5.57 Å². The molecule has 8 unspecified atom stereocenters. The van der Waals surface area contributed by atoms with Gasteiger partial charge in [-0.25, -0.2) is 0 Å². The lowest BCUT2D eigenvalue weighted by Gasteiger charge is -2.58. The zero-order valence-electron chi connectivity index (χ0n) is 29.7. The molecule has 3 saturated carbocycles. The number of nitrogens with one attached hydrogen (secondary N) is 2. The van der Waals surface area contributed by atoms with Crippen molar-refractivity contribution in [2.75, 3.05) is 26.2 Å². The Bertz CT molecular complexity index is 952. The molecule has 0 saturated heterocycles. The van der Waals surface area contributed by atoms with Crippen molar-refractivity contribution >= 4 is 5.91 Å². The van der Waals surface area contributed by atoms with Crippen molar-refractivity contribution in [1.29, 1.82) is 0 Å². The van der Waals surface area contributed by atoms with E-state index in [4.69, 9.17) is 22.9 Å². The maximum atomic E-state index is 13.6. The summed E-state index contributed by atoms with van der Waals surface area (Å²) in [5.74, 6) is 5.87. The average molecular weight is 630 g/mol. The van der Waals surface area contributed by atoms with E-state index in [0.29, 0.717) is 49.3 Å². The van der Waals surface area contributed by atoms with Gasteiger partial charge >= 0.3 is 0 Å². The highest BCUT2D eigenvalue weighted by Crippen LogP contribution is 2.67. The summed E-state index contributed by atoms with van der Waals surface area (Å²) in [6.07, 6.45) is 18.6. The molecule has 0 radical (unpaired) electrons. The van der Waals surface area contributed by atoms with Crippen LogP contribution in [0.25, 0.3) is 0 Å². The molecule has 3 fully saturated rings. The molecule has 8 heteroatoms. The highest BCUT2D eigenvalue weighted by Gasteiger charge is 2.59. The van der Waals surface area contributed by atoms with Gasteiger partial charge in [-0.2, -0.15) is 0 Å². The number of carbonyl (C=O) groups is 1. The first-order valence-corrected chi connectivity index (χ1v) is 18.8. The first kappa shape index (κ1) is 36.8. The summed E-state index contributed by atoms with van der Waals surface area (Å²) in [5.41, 5.74) is 25.1. The summed E-state index contributed by atoms with van der Waals surface area (Å²) in [5, 5.41) is 6.12. The lowest BCUT2D eigenvalue weighted by Crippen LogP contribution is -2.50. The number of allylic oxidation sites excluding steroid dienone is 2. The molecule has 8 atom stereocenters. The molecule has 4 aliphatic rings. The summed E-state index contributed by atoms with van der Waals surface area (Å²) in [7, 11) is 0. The van der Waals surface area contributed by atoms with Crippen LogP contribution in [-0.4, -0.2) is 49.6 Å². The maximum absolute atomic E-state index is 13.6. The SMILES string of the molecule is CC(C)CCCC(C)C1CCC2C3CC=C4CC(CC(=O)N(CCCNC(N)N)CCCNC(N)N)CCC4(C)C3CCC12C. The van der Waals surface area contributed by atoms with E-state index in [1.807, 2.05) is 4.90 Å². The van der Waals surface area contributed by atoms with Gasteiger partial charge in [0.25, 0.3) is 0 Å². The van der Waals surface area contributed by atoms with Crippen molar-refractivity contribution in [3.8, 4) is 0 Å². The van der Waals surface area contributed by atoms with Crippen LogP contribution in [0, 0.1) is 52.3 Å². The number of nitrogens with two attached hydrogens (primary N) is 4. The normalized spacial score (nSPS) is 33.6. The summed E-state index contributed by atoms with van der Waals surface area (Å²) >= 11 is 0. The number of nitrogens with zero attached hydrogens (tertiary/aromatic N) is 1. The second-order valence-electron chi connectivity index (χ2n) is 16.7. The van der Waals surface area contributed by atoms with Gasteiger partial charge < -0.3 is 27.8 Å². The van der Waals surface area contributed by atoms with E-state index in [2.05, 4.69) is 51.3 Å². The fourth-order valence-electron chi connectivity index (χ4n) is 10.7. The Morgan fingerprint density at radius 2 is 1.56 bits per heavy atom. The number of hydrogen-bond donors (Lipinski definition) is 6. The topological polar surface area (TPSA) is 148 Å². The molecule has 45 heavy (non-hydrogen) atoms. The van der Waals surface area contributed by atoms with Gasteiger partial charge in [0.15, 0.2) is 0 Å². The second kappa shape index (κ2) is 16.4. The van der Waals surface area contributed by atoms with Crippen LogP contribution >= 0.6 is 0 Å². The van der Waals surface area contributed by atoms with Crippen LogP contribution in [0.5, 0.6) is 0 Å². The highest BCUT2D eigenvalue weighted by atomic mass is 16.2. The van der Waals surface area contributed by atoms with E-state index >= 15 is 0 Å². The van der Waals surface area contributed by atoms with Gasteiger partial charge in [-0.1, -0.05) is 65.5 Å². The molecule has 4 aliphatic carbocycles. The van der Waals surface area contributed by atoms with Gasteiger partial charge in [-0.15, -0.1) is 0 Å². The van der Waals surface area contributed by atoms with Crippen molar-refractivity contribution < 1.29 is 4.79 Å². The predicted molar refractivity (Wildman–Crippen MR) is 187 cm³/mol. The largest absolute Gasteiger partial charge is 0.343 e. The molecule has 0 bridgehead atoms. The third-order valence-electron chi connectivity index (χ3n) is 13.2. The Morgan fingerprint density at radius 1 is 0.889 bits per heavy atom. The predicted octanol–water partition coefficient (Wildman–Crippen LogP) is 5.22. The zero-order valence-corrected chi connectivity index (χ0v) is 29.7. The lowest BCUT2D eigenvalue weighted by atomic mass is 9.46. The zero-order chi connectivity index (χ0) is 32.8. The Hall–Kier alpha value is -1.03. The van der Waals surface area contributed by atoms with Crippen molar-refractivity contribution in [1.82, 2.24) is 15.5 Å². The van der Waals surface area contributed by atoms with Crippen LogP contribution in [0.2, 0.25) is 0 Å². The fraction of sp³-hybridized carbons (Fsp3) is 0.919. The second-order valence-corrected chi connectivity index (χ2v) is 16.7. The molecule has 0 aromatic rings. The van der Waals surface area contributed by atoms with Crippen LogP contribution in [0.15, 0.2) is 11.6 Å². The number of rotatable bonds is 17. The van der Waals surface area contributed by atoms with E-state index in [1.165, 1.54) is 64.2 Å². The third-order valence-corrected chi connectivity index (χ3v) is 13.2. The van der Waals surface area contributed by atoms with Crippen LogP contribution in [0.1, 0.15) is 125 Å². The molecular weight excluding hydrogens is 558 g/mol. The Labute approximate surface area is 276 Å². The lowest BCUT2D eigenvalue weighted by molar-refractivity contribution is -0.132. The van der Waals surface area contributed by atoms with Crippen LogP contribution in [-0.2, 0) is 4.79 Å². The van der Waals surface area contributed by atoms with E-state index in [-0.39, 0.29) is 5.91 Å². The van der Waals surface area contributed by atoms with Gasteiger partial charge in [0, 0.05) is 19.5 Å². The summed E-state index contributed by atoms with van der Waals surface area (Å²) in [6, 6.07) is 0. The molecule has 0 aliphatic heterocycles. The molecule has 260 valence electrons. The first-order chi connectivity index (χ1) is 21.3. The Morgan fingerprint density at radius 3 is 2.18 bits per heavy atom. The first-order valence-electron chi connectivity index (χ1n) is 18.8. The van der Waals surface area contributed by atoms with E-state index < -0.39 is 12.6 Å². The highest BCUT2D eigenvalue weighted by molar-refractivity contribution is 5.76. The third kappa shape index (κ3) is 9.11. The van der Waals surface area contributed by atoms with Crippen LogP contribution in [0.4, 0.5) is 0 Å². The fourth-order valence-corrected chi connectivity index (χ4v) is 10.7. The quantitative estimate of drug-likeness (QED) is 0.0734. The minimum absolute atomic E-state index is 0.278. The van der Waals surface area contributed by atoms with Crippen molar-refractivity contribution in [3.63, 3.8) is 0 Å². The molecule has 0 aromatic carbocycles. The number of amides is 1. The van der Waals surface area contributed by atoms with E-state index in [9.17, 15) is 4.79 Å². The average Bonchev–Trinajstić information content (AvgIpc) is 3.33. The van der Waals surface area contributed by atoms with Gasteiger partial charge in [-0.3, -0.25) is 15.4 Å². The molecule has 1 amide bonds. The minimum Gasteiger partial charge on any atom is -0.343 e. The maximum Gasteiger partial charge on any atom is 0.222 e. The Balaban J connectivity index is 1.35. The molecule has 0 aromatic heterocycles. The molecular formula is C37H71N7O. The number of carbonyl (C=O) groups excluding carboxylic acids is 1. The molecule has 10 N–H and O–H groups in total. The summed E-state index contributed by atoms with van der Waals surface area (Å²) in [6.45, 7) is 15.4. The van der Waals surface area contributed by atoms with Gasteiger partial charge in [0.05, 0.1) is 0 Å². The Kier molecular flexibility index (Phi) is 13.4. The molecule has 0 spiro atoms. The van der Waals surface area contributed by atoms with Crippen molar-refractivity contribution in [2.45, 2.75) is 137 Å².